The van der Waals surface area contributed by atoms with Crippen molar-refractivity contribution in [2.45, 2.75) is 45.6 Å². The second-order valence-corrected chi connectivity index (χ2v) is 5.05. The molecule has 0 spiro atoms. The van der Waals surface area contributed by atoms with Crippen LogP contribution in [0.5, 0.6) is 0 Å². The molecule has 0 aliphatic carbocycles. The minimum atomic E-state index is -4.29. The molecule has 0 amide bonds. The quantitative estimate of drug-likeness (QED) is 0.726. The number of ketones is 1. The number of hydrogen-bond donors (Lipinski definition) is 2. The van der Waals surface area contributed by atoms with E-state index in [2.05, 4.69) is 10.6 Å². The molecular weight excluding hydrogens is 221 g/mol. The van der Waals surface area contributed by atoms with Gasteiger partial charge in [0.25, 0.3) is 0 Å². The molecule has 1 aliphatic rings. The number of carbonyl (C=O) groups excluding carboxylic acids is 1. The predicted molar refractivity (Wildman–Crippen MR) is 53.8 cm³/mol. The molecule has 2 atom stereocenters. The first kappa shape index (κ1) is 13.4. The Bertz CT molecular complexity index is 270. The molecule has 6 heteroatoms. The van der Waals surface area contributed by atoms with Crippen molar-refractivity contribution in [3.8, 4) is 0 Å². The van der Waals surface area contributed by atoms with Crippen molar-refractivity contribution in [1.29, 1.82) is 0 Å². The molecule has 1 heterocycles. The van der Waals surface area contributed by atoms with Gasteiger partial charge in [0.1, 0.15) is 12.2 Å². The summed E-state index contributed by atoms with van der Waals surface area (Å²) in [5.74, 6) is -0.249. The second kappa shape index (κ2) is 4.33. The molecule has 3 nitrogen and oxygen atoms in total. The lowest BCUT2D eigenvalue weighted by atomic mass is 9.88. The van der Waals surface area contributed by atoms with Gasteiger partial charge in [-0.15, -0.1) is 0 Å². The summed E-state index contributed by atoms with van der Waals surface area (Å²) >= 11 is 0. The third kappa shape index (κ3) is 3.18. The zero-order chi connectivity index (χ0) is 12.6. The van der Waals surface area contributed by atoms with Crippen molar-refractivity contribution in [3.05, 3.63) is 0 Å². The van der Waals surface area contributed by atoms with Gasteiger partial charge < -0.3 is 0 Å². The first-order chi connectivity index (χ1) is 7.12. The largest absolute Gasteiger partial charge is 0.403 e. The third-order valence-corrected chi connectivity index (χ3v) is 2.55. The van der Waals surface area contributed by atoms with Crippen LogP contribution in [-0.2, 0) is 4.79 Å². The van der Waals surface area contributed by atoms with Crippen molar-refractivity contribution in [3.63, 3.8) is 0 Å². The fourth-order valence-electron chi connectivity index (χ4n) is 1.58. The Morgan fingerprint density at radius 3 is 2.25 bits per heavy atom. The Balaban J connectivity index is 2.68. The number of Topliss-reactive ketones (excluding diaryl/α,β-unsaturated/α-hetero) is 1. The maximum Gasteiger partial charge on any atom is 0.403 e. The lowest BCUT2D eigenvalue weighted by molar-refractivity contribution is -0.165. The van der Waals surface area contributed by atoms with E-state index >= 15 is 0 Å². The number of rotatable bonds is 1. The molecule has 2 N–H and O–H groups in total. The lowest BCUT2D eigenvalue weighted by Gasteiger charge is -2.35. The second-order valence-electron chi connectivity index (χ2n) is 5.05. The van der Waals surface area contributed by atoms with Crippen LogP contribution in [0.4, 0.5) is 13.2 Å². The van der Waals surface area contributed by atoms with E-state index in [1.54, 1.807) is 20.8 Å². The highest BCUT2D eigenvalue weighted by molar-refractivity contribution is 5.88. The lowest BCUT2D eigenvalue weighted by Crippen LogP contribution is -2.63. The number of nitrogens with one attached hydrogen (secondary N) is 2. The van der Waals surface area contributed by atoms with Crippen LogP contribution >= 0.6 is 0 Å². The van der Waals surface area contributed by atoms with E-state index in [4.69, 9.17) is 0 Å². The van der Waals surface area contributed by atoms with Crippen LogP contribution in [0.15, 0.2) is 0 Å². The molecule has 1 saturated heterocycles. The molecule has 1 fully saturated rings. The van der Waals surface area contributed by atoms with Crippen LogP contribution < -0.4 is 10.6 Å². The fraction of sp³-hybridized carbons (Fsp3) is 0.900. The zero-order valence-electron chi connectivity index (χ0n) is 9.61. The molecule has 94 valence electrons. The molecular formula is C10H17F3N2O. The van der Waals surface area contributed by atoms with Gasteiger partial charge in [0.2, 0.25) is 0 Å². The van der Waals surface area contributed by atoms with Gasteiger partial charge in [-0.3, -0.25) is 15.4 Å². The number of alkyl halides is 3. The van der Waals surface area contributed by atoms with Crippen molar-refractivity contribution in [2.24, 2.45) is 5.41 Å². The highest BCUT2D eigenvalue weighted by Gasteiger charge is 2.44. The zero-order valence-corrected chi connectivity index (χ0v) is 9.61. The average molecular weight is 238 g/mol. The Hall–Kier alpha value is -0.620. The molecule has 0 radical (unpaired) electrons. The van der Waals surface area contributed by atoms with Crippen molar-refractivity contribution < 1.29 is 18.0 Å². The summed E-state index contributed by atoms with van der Waals surface area (Å²) in [6.07, 6.45) is -5.24. The Labute approximate surface area is 92.8 Å². The Morgan fingerprint density at radius 1 is 1.25 bits per heavy atom. The predicted octanol–water partition coefficient (Wildman–Crippen LogP) is 1.44. The summed E-state index contributed by atoms with van der Waals surface area (Å²) in [7, 11) is 0. The Morgan fingerprint density at radius 2 is 1.81 bits per heavy atom. The minimum absolute atomic E-state index is 0.0442. The van der Waals surface area contributed by atoms with Gasteiger partial charge in [-0.2, -0.15) is 13.2 Å². The van der Waals surface area contributed by atoms with Gasteiger partial charge in [0, 0.05) is 5.41 Å². The van der Waals surface area contributed by atoms with E-state index in [9.17, 15) is 18.0 Å². The standard InChI is InChI=1S/C10H17F3N2O/c1-9(2,3)7(16)8-14-5-4-6(15-8)10(11,12)13/h6,8,14-15H,4-5H2,1-3H3. The van der Waals surface area contributed by atoms with E-state index in [0.717, 1.165) is 0 Å². The maximum atomic E-state index is 12.5. The topological polar surface area (TPSA) is 41.1 Å². The van der Waals surface area contributed by atoms with E-state index in [-0.39, 0.29) is 18.7 Å². The summed E-state index contributed by atoms with van der Waals surface area (Å²) in [4.78, 5) is 11.8. The van der Waals surface area contributed by atoms with Crippen LogP contribution in [-0.4, -0.2) is 30.7 Å². The van der Waals surface area contributed by atoms with Gasteiger partial charge in [-0.25, -0.2) is 0 Å². The molecule has 0 aromatic heterocycles. The number of carbonyl (C=O) groups is 1. The normalized spacial score (nSPS) is 27.9. The summed E-state index contributed by atoms with van der Waals surface area (Å²) in [5, 5.41) is 5.08. The molecule has 2 unspecified atom stereocenters. The van der Waals surface area contributed by atoms with Crippen LogP contribution in [0.2, 0.25) is 0 Å². The smallest absolute Gasteiger partial charge is 0.296 e. The van der Waals surface area contributed by atoms with Gasteiger partial charge >= 0.3 is 6.18 Å². The van der Waals surface area contributed by atoms with Crippen LogP contribution in [0.25, 0.3) is 0 Å². The first-order valence-electron chi connectivity index (χ1n) is 5.23. The van der Waals surface area contributed by atoms with Gasteiger partial charge in [0.15, 0.2) is 5.78 Å². The molecule has 16 heavy (non-hydrogen) atoms. The van der Waals surface area contributed by atoms with Gasteiger partial charge in [0.05, 0.1) is 0 Å². The monoisotopic (exact) mass is 238 g/mol. The fourth-order valence-corrected chi connectivity index (χ4v) is 1.58. The highest BCUT2D eigenvalue weighted by Crippen LogP contribution is 2.25. The maximum absolute atomic E-state index is 12.5. The number of hydrogen-bond acceptors (Lipinski definition) is 3. The average Bonchev–Trinajstić information content (AvgIpc) is 2.14. The van der Waals surface area contributed by atoms with Crippen LogP contribution in [0.1, 0.15) is 27.2 Å². The van der Waals surface area contributed by atoms with E-state index in [1.165, 1.54) is 0 Å². The van der Waals surface area contributed by atoms with Crippen LogP contribution in [0, 0.1) is 5.41 Å². The molecule has 0 aromatic rings. The summed E-state index contributed by atoms with van der Waals surface area (Å²) < 4.78 is 37.4. The van der Waals surface area contributed by atoms with E-state index in [1.807, 2.05) is 0 Å². The molecule has 0 bridgehead atoms. The number of halogens is 3. The molecule has 1 aliphatic heterocycles. The Kier molecular flexibility index (Phi) is 3.64. The van der Waals surface area contributed by atoms with Gasteiger partial charge in [-0.05, 0) is 13.0 Å². The summed E-state index contributed by atoms with van der Waals surface area (Å²) in [6, 6.07) is -1.59. The van der Waals surface area contributed by atoms with E-state index < -0.39 is 23.8 Å². The molecule has 1 rings (SSSR count). The van der Waals surface area contributed by atoms with Crippen molar-refractivity contribution in [1.82, 2.24) is 10.6 Å². The summed E-state index contributed by atoms with van der Waals surface area (Å²) in [5.41, 5.74) is -0.655. The first-order valence-corrected chi connectivity index (χ1v) is 5.23. The third-order valence-electron chi connectivity index (χ3n) is 2.55. The van der Waals surface area contributed by atoms with E-state index in [0.29, 0.717) is 0 Å². The van der Waals surface area contributed by atoms with Crippen LogP contribution in [0.3, 0.4) is 0 Å². The SMILES string of the molecule is CC(C)(C)C(=O)C1NCCC(C(F)(F)F)N1. The van der Waals surface area contributed by atoms with Crippen molar-refractivity contribution >= 4 is 5.78 Å². The van der Waals surface area contributed by atoms with Crippen molar-refractivity contribution in [2.75, 3.05) is 6.54 Å². The molecule has 0 saturated carbocycles. The van der Waals surface area contributed by atoms with Gasteiger partial charge in [-0.1, -0.05) is 20.8 Å². The molecule has 0 aromatic carbocycles. The minimum Gasteiger partial charge on any atom is -0.296 e. The summed E-state index contributed by atoms with van der Waals surface area (Å²) in [6.45, 7) is 5.27. The highest BCUT2D eigenvalue weighted by atomic mass is 19.4.